The number of pyridine rings is 2. The van der Waals surface area contributed by atoms with Gasteiger partial charge in [-0.05, 0) is 87.5 Å². The molecular formula is C29H30N4O4. The lowest BCUT2D eigenvalue weighted by atomic mass is 9.53. The van der Waals surface area contributed by atoms with Gasteiger partial charge in [0.15, 0.2) is 6.10 Å². The van der Waals surface area contributed by atoms with Crippen LogP contribution in [0.4, 0.5) is 4.79 Å². The van der Waals surface area contributed by atoms with Crippen LogP contribution < -0.4 is 10.6 Å². The topological polar surface area (TPSA) is 110 Å². The molecule has 0 aliphatic heterocycles. The van der Waals surface area contributed by atoms with Gasteiger partial charge in [0.05, 0.1) is 16.8 Å². The molecular weight excluding hydrogens is 468 g/mol. The largest absolute Gasteiger partial charge is 0.449 e. The van der Waals surface area contributed by atoms with Crippen molar-refractivity contribution >= 4 is 28.8 Å². The van der Waals surface area contributed by atoms with E-state index in [9.17, 15) is 14.4 Å². The van der Waals surface area contributed by atoms with Crippen molar-refractivity contribution < 1.29 is 19.1 Å². The van der Waals surface area contributed by atoms with Gasteiger partial charge >= 0.3 is 12.0 Å². The van der Waals surface area contributed by atoms with E-state index in [0.29, 0.717) is 39.9 Å². The lowest BCUT2D eigenvalue weighted by molar-refractivity contribution is -0.128. The van der Waals surface area contributed by atoms with Crippen molar-refractivity contribution in [2.45, 2.75) is 57.1 Å². The normalized spacial score (nSPS) is 26.5. The van der Waals surface area contributed by atoms with Gasteiger partial charge in [0, 0.05) is 28.9 Å². The summed E-state index contributed by atoms with van der Waals surface area (Å²) in [4.78, 5) is 47.5. The van der Waals surface area contributed by atoms with Gasteiger partial charge in [-0.25, -0.2) is 14.6 Å². The number of para-hydroxylation sites is 1. The quantitative estimate of drug-likeness (QED) is 0.496. The maximum absolute atomic E-state index is 13.2. The first-order valence-corrected chi connectivity index (χ1v) is 13.0. The number of aromatic nitrogens is 2. The van der Waals surface area contributed by atoms with Crippen LogP contribution in [0.25, 0.3) is 22.2 Å². The van der Waals surface area contributed by atoms with Gasteiger partial charge in [-0.2, -0.15) is 0 Å². The zero-order valence-corrected chi connectivity index (χ0v) is 20.8. The molecule has 1 unspecified atom stereocenters. The van der Waals surface area contributed by atoms with Crippen molar-refractivity contribution in [3.63, 3.8) is 0 Å². The Morgan fingerprint density at radius 3 is 2.38 bits per heavy atom. The standard InChI is InChI=1S/C29H30N4O4/c1-17(26(34)32-28(36)33-29-13-18-9-19(14-29)11-20(10-18)15-29)37-27(35)23-12-25(21-5-4-8-30-16-21)31-24-7-3-2-6-22(23)24/h2-8,12,16-20H,9-11,13-15H2,1H3,(H2,32,33,34,36). The number of hydrogen-bond donors (Lipinski definition) is 2. The Hall–Kier alpha value is -3.81. The summed E-state index contributed by atoms with van der Waals surface area (Å²) >= 11 is 0. The van der Waals surface area contributed by atoms with Crippen LogP contribution in [0.2, 0.25) is 0 Å². The third kappa shape index (κ3) is 4.68. The number of esters is 1. The number of amides is 3. The number of ether oxygens (including phenoxy) is 1. The van der Waals surface area contributed by atoms with E-state index in [1.807, 2.05) is 24.3 Å². The summed E-state index contributed by atoms with van der Waals surface area (Å²) in [6, 6.07) is 12.1. The number of nitrogens with zero attached hydrogens (tertiary/aromatic N) is 2. The molecule has 2 N–H and O–H groups in total. The lowest BCUT2D eigenvalue weighted by Gasteiger charge is -2.56. The second-order valence-corrected chi connectivity index (χ2v) is 11.0. The first-order valence-electron chi connectivity index (χ1n) is 13.0. The van der Waals surface area contributed by atoms with Gasteiger partial charge in [-0.15, -0.1) is 0 Å². The summed E-state index contributed by atoms with van der Waals surface area (Å²) in [5, 5.41) is 6.14. The molecule has 0 radical (unpaired) electrons. The van der Waals surface area contributed by atoms with Gasteiger partial charge in [0.25, 0.3) is 5.91 Å². The molecule has 2 heterocycles. The zero-order valence-electron chi connectivity index (χ0n) is 20.8. The number of hydrogen-bond acceptors (Lipinski definition) is 6. The molecule has 0 saturated heterocycles. The minimum absolute atomic E-state index is 0.211. The number of carbonyl (C=O) groups is 3. The van der Waals surface area contributed by atoms with E-state index in [1.54, 1.807) is 30.6 Å². The van der Waals surface area contributed by atoms with Crippen LogP contribution in [-0.2, 0) is 9.53 Å². The molecule has 37 heavy (non-hydrogen) atoms. The van der Waals surface area contributed by atoms with E-state index < -0.39 is 24.0 Å². The molecule has 1 atom stereocenters. The molecule has 190 valence electrons. The molecule has 4 aliphatic carbocycles. The Balaban J connectivity index is 1.14. The molecule has 2 aromatic heterocycles. The monoisotopic (exact) mass is 498 g/mol. The number of benzene rings is 1. The fourth-order valence-corrected chi connectivity index (χ4v) is 7.03. The van der Waals surface area contributed by atoms with E-state index >= 15 is 0 Å². The van der Waals surface area contributed by atoms with Crippen LogP contribution in [0, 0.1) is 17.8 Å². The summed E-state index contributed by atoms with van der Waals surface area (Å²) in [7, 11) is 0. The predicted molar refractivity (Wildman–Crippen MR) is 137 cm³/mol. The maximum atomic E-state index is 13.2. The Labute approximate surface area is 215 Å². The second kappa shape index (κ2) is 9.25. The molecule has 8 nitrogen and oxygen atoms in total. The smallest absolute Gasteiger partial charge is 0.339 e. The van der Waals surface area contributed by atoms with Gasteiger partial charge in [0.2, 0.25) is 0 Å². The second-order valence-electron chi connectivity index (χ2n) is 11.0. The highest BCUT2D eigenvalue weighted by Crippen LogP contribution is 2.55. The van der Waals surface area contributed by atoms with Crippen molar-refractivity contribution in [1.82, 2.24) is 20.6 Å². The van der Waals surface area contributed by atoms with Crippen LogP contribution in [0.1, 0.15) is 55.8 Å². The average molecular weight is 499 g/mol. The Bertz CT molecular complexity index is 1340. The number of fused-ring (bicyclic) bond motifs is 1. The average Bonchev–Trinajstić information content (AvgIpc) is 2.87. The van der Waals surface area contributed by atoms with Crippen molar-refractivity contribution in [2.24, 2.45) is 17.8 Å². The fourth-order valence-electron chi connectivity index (χ4n) is 7.03. The van der Waals surface area contributed by atoms with E-state index in [0.717, 1.165) is 24.8 Å². The van der Waals surface area contributed by atoms with Crippen LogP contribution in [-0.4, -0.2) is 39.5 Å². The summed E-state index contributed by atoms with van der Waals surface area (Å²) in [5.74, 6) is 0.714. The minimum atomic E-state index is -1.15. The third-order valence-corrected chi connectivity index (χ3v) is 8.20. The molecule has 3 amide bonds. The maximum Gasteiger partial charge on any atom is 0.339 e. The molecule has 4 saturated carbocycles. The van der Waals surface area contributed by atoms with Crippen molar-refractivity contribution in [3.8, 4) is 11.3 Å². The molecule has 1 aromatic carbocycles. The Morgan fingerprint density at radius 1 is 1.00 bits per heavy atom. The SMILES string of the molecule is CC(OC(=O)c1cc(-c2cccnc2)nc2ccccc12)C(=O)NC(=O)NC12CC3CC(CC(C3)C1)C2. The van der Waals surface area contributed by atoms with E-state index in [2.05, 4.69) is 20.6 Å². The van der Waals surface area contributed by atoms with Crippen molar-refractivity contribution in [2.75, 3.05) is 0 Å². The first-order chi connectivity index (χ1) is 17.9. The van der Waals surface area contributed by atoms with Crippen LogP contribution in [0.15, 0.2) is 54.9 Å². The third-order valence-electron chi connectivity index (χ3n) is 8.20. The molecule has 4 bridgehead atoms. The van der Waals surface area contributed by atoms with Gasteiger partial charge < -0.3 is 10.1 Å². The molecule has 0 spiro atoms. The number of carbonyl (C=O) groups excluding carboxylic acids is 3. The summed E-state index contributed by atoms with van der Waals surface area (Å²) in [6.07, 6.45) is 8.94. The van der Waals surface area contributed by atoms with E-state index in [-0.39, 0.29) is 5.54 Å². The van der Waals surface area contributed by atoms with Gasteiger partial charge in [-0.3, -0.25) is 15.1 Å². The lowest BCUT2D eigenvalue weighted by Crippen LogP contribution is -2.62. The van der Waals surface area contributed by atoms with Gasteiger partial charge in [-0.1, -0.05) is 18.2 Å². The van der Waals surface area contributed by atoms with Gasteiger partial charge in [0.1, 0.15) is 0 Å². The van der Waals surface area contributed by atoms with Crippen LogP contribution >= 0.6 is 0 Å². The number of nitrogens with one attached hydrogen (secondary N) is 2. The van der Waals surface area contributed by atoms with Crippen molar-refractivity contribution in [1.29, 1.82) is 0 Å². The highest BCUT2D eigenvalue weighted by atomic mass is 16.5. The summed E-state index contributed by atoms with van der Waals surface area (Å²) in [5.41, 5.74) is 2.04. The molecule has 3 aromatic rings. The minimum Gasteiger partial charge on any atom is -0.449 e. The van der Waals surface area contributed by atoms with E-state index in [1.165, 1.54) is 26.2 Å². The molecule has 4 aliphatic rings. The highest BCUT2D eigenvalue weighted by Gasteiger charge is 2.51. The molecule has 8 heteroatoms. The zero-order chi connectivity index (χ0) is 25.6. The summed E-state index contributed by atoms with van der Waals surface area (Å²) < 4.78 is 5.52. The first kappa shape index (κ1) is 23.6. The molecule has 7 rings (SSSR count). The number of rotatable bonds is 5. The summed E-state index contributed by atoms with van der Waals surface area (Å²) in [6.45, 7) is 1.47. The van der Waals surface area contributed by atoms with Crippen molar-refractivity contribution in [3.05, 3.63) is 60.4 Å². The van der Waals surface area contributed by atoms with E-state index in [4.69, 9.17) is 4.74 Å². The van der Waals surface area contributed by atoms with Crippen LogP contribution in [0.5, 0.6) is 0 Å². The molecule has 4 fully saturated rings. The number of urea groups is 1. The Morgan fingerprint density at radius 2 is 1.70 bits per heavy atom. The fraction of sp³-hybridized carbons (Fsp3) is 0.414. The predicted octanol–water partition coefficient (Wildman–Crippen LogP) is 4.64. The number of imide groups is 1. The van der Waals surface area contributed by atoms with Crippen LogP contribution in [0.3, 0.4) is 0 Å². The highest BCUT2D eigenvalue weighted by molar-refractivity contribution is 6.06. The Kier molecular flexibility index (Phi) is 5.89.